The third-order valence-electron chi connectivity index (χ3n) is 3.90. The number of benzene rings is 1. The van der Waals surface area contributed by atoms with Crippen molar-refractivity contribution in [1.29, 1.82) is 0 Å². The monoisotopic (exact) mass is 317 g/mol. The molecule has 0 spiro atoms. The summed E-state index contributed by atoms with van der Waals surface area (Å²) in [6, 6.07) is 4.93. The van der Waals surface area contributed by atoms with E-state index in [-0.39, 0.29) is 11.8 Å². The van der Waals surface area contributed by atoms with Crippen LogP contribution in [0.25, 0.3) is 10.9 Å². The van der Waals surface area contributed by atoms with Crippen molar-refractivity contribution in [1.82, 2.24) is 9.88 Å². The third-order valence-corrected chi connectivity index (χ3v) is 4.12. The van der Waals surface area contributed by atoms with E-state index in [0.717, 1.165) is 17.3 Å². The van der Waals surface area contributed by atoms with E-state index in [4.69, 9.17) is 11.6 Å². The van der Waals surface area contributed by atoms with E-state index < -0.39 is 6.04 Å². The summed E-state index contributed by atoms with van der Waals surface area (Å²) in [7, 11) is 0. The van der Waals surface area contributed by atoms with Crippen LogP contribution < -0.4 is 5.32 Å². The van der Waals surface area contributed by atoms with Crippen LogP contribution in [0, 0.1) is 0 Å². The van der Waals surface area contributed by atoms with E-state index in [9.17, 15) is 9.59 Å². The first-order valence-corrected chi connectivity index (χ1v) is 7.48. The number of aromatic nitrogens is 1. The highest BCUT2D eigenvalue weighted by Gasteiger charge is 2.33. The van der Waals surface area contributed by atoms with E-state index in [0.29, 0.717) is 23.7 Å². The number of nitrogens with zero attached hydrogens (tertiary/aromatic N) is 1. The molecule has 0 unspecified atom stereocenters. The zero-order chi connectivity index (χ0) is 15.7. The highest BCUT2D eigenvalue weighted by molar-refractivity contribution is 6.32. The lowest BCUT2D eigenvalue weighted by molar-refractivity contribution is -0.132. The Labute approximate surface area is 132 Å². The summed E-state index contributed by atoms with van der Waals surface area (Å²) in [5.74, 6) is -0.409. The molecular weight excluding hydrogens is 302 g/mol. The molecule has 22 heavy (non-hydrogen) atoms. The van der Waals surface area contributed by atoms with Crippen molar-refractivity contribution in [2.45, 2.75) is 18.9 Å². The molecule has 0 aliphatic carbocycles. The lowest BCUT2D eigenvalue weighted by Crippen LogP contribution is -2.42. The quantitative estimate of drug-likeness (QED) is 0.855. The van der Waals surface area contributed by atoms with Gasteiger partial charge in [-0.05, 0) is 37.1 Å². The maximum absolute atomic E-state index is 12.5. The zero-order valence-electron chi connectivity index (χ0n) is 11.9. The Balaban J connectivity index is 1.85. The molecule has 1 atom stereocenters. The summed E-state index contributed by atoms with van der Waals surface area (Å²) in [6.45, 7) is 4.07. The Hall–Kier alpha value is -2.27. The molecule has 2 heterocycles. The second-order valence-electron chi connectivity index (χ2n) is 5.28. The van der Waals surface area contributed by atoms with Gasteiger partial charge in [-0.25, -0.2) is 0 Å². The van der Waals surface area contributed by atoms with Crippen LogP contribution in [0.5, 0.6) is 0 Å². The maximum Gasteiger partial charge on any atom is 0.247 e. The molecule has 3 rings (SSSR count). The number of hydrogen-bond acceptors (Lipinski definition) is 2. The molecule has 2 amide bonds. The number of fused-ring (bicyclic) bond motifs is 1. The normalized spacial score (nSPS) is 17.7. The highest BCUT2D eigenvalue weighted by atomic mass is 35.5. The SMILES string of the molecule is C=CC(=O)N1CCC[C@@H]1C(=O)Nc1cc(Cl)cc2[nH]ccc12. The molecule has 2 N–H and O–H groups in total. The van der Waals surface area contributed by atoms with Gasteiger partial charge in [0.25, 0.3) is 0 Å². The van der Waals surface area contributed by atoms with Crippen molar-refractivity contribution in [3.63, 3.8) is 0 Å². The van der Waals surface area contributed by atoms with E-state index >= 15 is 0 Å². The summed E-state index contributed by atoms with van der Waals surface area (Å²) >= 11 is 6.08. The average Bonchev–Trinajstić information content (AvgIpc) is 3.14. The van der Waals surface area contributed by atoms with Crippen LogP contribution in [0.2, 0.25) is 5.02 Å². The number of carbonyl (C=O) groups excluding carboxylic acids is 2. The van der Waals surface area contributed by atoms with Crippen molar-refractivity contribution in [3.05, 3.63) is 42.1 Å². The minimum absolute atomic E-state index is 0.197. The van der Waals surface area contributed by atoms with Crippen molar-refractivity contribution < 1.29 is 9.59 Å². The van der Waals surface area contributed by atoms with Crippen LogP contribution in [0.15, 0.2) is 37.1 Å². The molecule has 0 saturated carbocycles. The van der Waals surface area contributed by atoms with Crippen LogP contribution >= 0.6 is 11.6 Å². The van der Waals surface area contributed by atoms with Gasteiger partial charge in [-0.3, -0.25) is 9.59 Å². The minimum atomic E-state index is -0.460. The van der Waals surface area contributed by atoms with Crippen LogP contribution in [0.3, 0.4) is 0 Å². The van der Waals surface area contributed by atoms with E-state index in [1.807, 2.05) is 6.07 Å². The van der Waals surface area contributed by atoms with E-state index in [1.54, 1.807) is 23.2 Å². The minimum Gasteiger partial charge on any atom is -0.361 e. The number of amides is 2. The number of hydrogen-bond donors (Lipinski definition) is 2. The Morgan fingerprint density at radius 1 is 1.45 bits per heavy atom. The number of halogens is 1. The van der Waals surface area contributed by atoms with Gasteiger partial charge in [0, 0.05) is 28.7 Å². The van der Waals surface area contributed by atoms with Crippen LogP contribution in [-0.4, -0.2) is 34.3 Å². The summed E-state index contributed by atoms with van der Waals surface area (Å²) in [5, 5.41) is 4.32. The first-order chi connectivity index (χ1) is 10.6. The zero-order valence-corrected chi connectivity index (χ0v) is 12.7. The van der Waals surface area contributed by atoms with Gasteiger partial charge in [-0.15, -0.1) is 0 Å². The van der Waals surface area contributed by atoms with Gasteiger partial charge < -0.3 is 15.2 Å². The Kier molecular flexibility index (Phi) is 3.90. The van der Waals surface area contributed by atoms with E-state index in [2.05, 4.69) is 16.9 Å². The molecule has 1 fully saturated rings. The first-order valence-electron chi connectivity index (χ1n) is 7.10. The van der Waals surface area contributed by atoms with Gasteiger partial charge in [0.1, 0.15) is 6.04 Å². The van der Waals surface area contributed by atoms with Gasteiger partial charge in [0.05, 0.1) is 5.69 Å². The highest BCUT2D eigenvalue weighted by Crippen LogP contribution is 2.28. The number of nitrogens with one attached hydrogen (secondary N) is 2. The van der Waals surface area contributed by atoms with Gasteiger partial charge in [0.15, 0.2) is 0 Å². The number of aromatic amines is 1. The van der Waals surface area contributed by atoms with Gasteiger partial charge in [-0.2, -0.15) is 0 Å². The Bertz CT molecular complexity index is 753. The average molecular weight is 318 g/mol. The molecule has 1 saturated heterocycles. The smallest absolute Gasteiger partial charge is 0.247 e. The molecule has 5 nitrogen and oxygen atoms in total. The molecule has 1 aromatic heterocycles. The number of H-pyrrole nitrogens is 1. The fraction of sp³-hybridized carbons (Fsp3) is 0.250. The number of carbonyl (C=O) groups is 2. The third kappa shape index (κ3) is 2.60. The predicted octanol–water partition coefficient (Wildman–Crippen LogP) is 2.94. The number of likely N-dealkylation sites (tertiary alicyclic amines) is 1. The number of rotatable bonds is 3. The Morgan fingerprint density at radius 3 is 3.05 bits per heavy atom. The predicted molar refractivity (Wildman–Crippen MR) is 86.9 cm³/mol. The second kappa shape index (κ2) is 5.85. The largest absolute Gasteiger partial charge is 0.361 e. The van der Waals surface area contributed by atoms with Gasteiger partial charge in [0.2, 0.25) is 11.8 Å². The van der Waals surface area contributed by atoms with Crippen molar-refractivity contribution in [2.24, 2.45) is 0 Å². The van der Waals surface area contributed by atoms with Crippen LogP contribution in [0.4, 0.5) is 5.69 Å². The lowest BCUT2D eigenvalue weighted by atomic mass is 10.1. The molecular formula is C16H16ClN3O2. The molecule has 0 radical (unpaired) electrons. The standard InChI is InChI=1S/C16H16ClN3O2/c1-2-15(21)20-7-3-4-14(20)16(22)19-13-9-10(17)8-12-11(13)5-6-18-12/h2,5-6,8-9,14,18H,1,3-4,7H2,(H,19,22)/t14-/m1/s1. The maximum atomic E-state index is 12.5. The fourth-order valence-electron chi connectivity index (χ4n) is 2.87. The topological polar surface area (TPSA) is 65.2 Å². The fourth-order valence-corrected chi connectivity index (χ4v) is 3.09. The summed E-state index contributed by atoms with van der Waals surface area (Å²) in [5.41, 5.74) is 1.50. The molecule has 0 bridgehead atoms. The van der Waals surface area contributed by atoms with E-state index in [1.165, 1.54) is 6.08 Å². The molecule has 1 aromatic carbocycles. The number of anilines is 1. The van der Waals surface area contributed by atoms with Gasteiger partial charge in [-0.1, -0.05) is 18.2 Å². The first kappa shape index (κ1) is 14.7. The Morgan fingerprint density at radius 2 is 2.27 bits per heavy atom. The molecule has 2 aromatic rings. The lowest BCUT2D eigenvalue weighted by Gasteiger charge is -2.22. The summed E-state index contributed by atoms with van der Waals surface area (Å²) < 4.78 is 0. The van der Waals surface area contributed by atoms with Crippen molar-refractivity contribution in [2.75, 3.05) is 11.9 Å². The molecule has 1 aliphatic rings. The summed E-state index contributed by atoms with van der Waals surface area (Å²) in [6.07, 6.45) is 4.50. The second-order valence-corrected chi connectivity index (χ2v) is 5.71. The molecule has 1 aliphatic heterocycles. The molecule has 114 valence electrons. The van der Waals surface area contributed by atoms with Crippen LogP contribution in [0.1, 0.15) is 12.8 Å². The van der Waals surface area contributed by atoms with Crippen LogP contribution in [-0.2, 0) is 9.59 Å². The molecule has 6 heteroatoms. The van der Waals surface area contributed by atoms with Gasteiger partial charge >= 0.3 is 0 Å². The van der Waals surface area contributed by atoms with Crippen molar-refractivity contribution in [3.8, 4) is 0 Å². The summed E-state index contributed by atoms with van der Waals surface area (Å²) in [4.78, 5) is 29.0. The van der Waals surface area contributed by atoms with Crippen molar-refractivity contribution >= 4 is 40.0 Å².